The largest absolute Gasteiger partial charge is 0.372 e. The van der Waals surface area contributed by atoms with Gasteiger partial charge in [0, 0.05) is 31.4 Å². The first-order chi connectivity index (χ1) is 11.6. The summed E-state index contributed by atoms with van der Waals surface area (Å²) in [5.74, 6) is 1.80. The molecule has 2 aliphatic heterocycles. The number of piperidine rings is 1. The van der Waals surface area contributed by atoms with E-state index in [1.165, 1.54) is 70.4 Å². The maximum Gasteiger partial charge on any atom is 0.0369 e. The van der Waals surface area contributed by atoms with E-state index in [4.69, 9.17) is 0 Å². The summed E-state index contributed by atoms with van der Waals surface area (Å²) in [6.45, 7) is 10.3. The quantitative estimate of drug-likeness (QED) is 0.821. The summed E-state index contributed by atoms with van der Waals surface area (Å²) in [6, 6.07) is 8.23. The summed E-state index contributed by atoms with van der Waals surface area (Å²) in [5.41, 5.74) is 5.19. The molecule has 0 N–H and O–H groups in total. The van der Waals surface area contributed by atoms with E-state index in [0.29, 0.717) is 5.41 Å². The average Bonchev–Trinajstić information content (AvgIpc) is 3.23. The molecule has 0 aromatic heterocycles. The van der Waals surface area contributed by atoms with Crippen molar-refractivity contribution in [2.45, 2.75) is 63.8 Å². The van der Waals surface area contributed by atoms with Crippen LogP contribution in [-0.2, 0) is 11.8 Å². The molecular formula is C22H32N2. The van der Waals surface area contributed by atoms with Gasteiger partial charge >= 0.3 is 0 Å². The summed E-state index contributed by atoms with van der Waals surface area (Å²) in [5, 5.41) is 0. The van der Waals surface area contributed by atoms with Gasteiger partial charge in [-0.25, -0.2) is 0 Å². The zero-order valence-electron chi connectivity index (χ0n) is 15.4. The summed E-state index contributed by atoms with van der Waals surface area (Å²) >= 11 is 0. The fourth-order valence-corrected chi connectivity index (χ4v) is 5.73. The Morgan fingerprint density at radius 2 is 1.92 bits per heavy atom. The van der Waals surface area contributed by atoms with Gasteiger partial charge in [-0.2, -0.15) is 0 Å². The minimum Gasteiger partial charge on any atom is -0.372 e. The topological polar surface area (TPSA) is 6.48 Å². The normalized spacial score (nSPS) is 36.0. The number of nitrogens with zero attached hydrogens (tertiary/aromatic N) is 2. The molecule has 0 radical (unpaired) electrons. The number of fused-ring (bicyclic) bond motifs is 4. The van der Waals surface area contributed by atoms with Gasteiger partial charge in [-0.15, -0.1) is 0 Å². The minimum absolute atomic E-state index is 0.383. The minimum atomic E-state index is 0.383. The van der Waals surface area contributed by atoms with E-state index in [1.807, 2.05) is 0 Å². The Labute approximate surface area is 147 Å². The average molecular weight is 325 g/mol. The van der Waals surface area contributed by atoms with Crippen LogP contribution < -0.4 is 4.90 Å². The van der Waals surface area contributed by atoms with E-state index in [9.17, 15) is 0 Å². The molecule has 2 aliphatic carbocycles. The second kappa shape index (κ2) is 5.49. The summed E-state index contributed by atoms with van der Waals surface area (Å²) < 4.78 is 0. The van der Waals surface area contributed by atoms with E-state index in [-0.39, 0.29) is 0 Å². The van der Waals surface area contributed by atoms with Crippen molar-refractivity contribution in [1.82, 2.24) is 4.90 Å². The first-order valence-electron chi connectivity index (χ1n) is 10.3. The first kappa shape index (κ1) is 15.3. The smallest absolute Gasteiger partial charge is 0.0369 e. The number of rotatable bonds is 3. The standard InChI is InChI=1S/C22H32N2/c1-16-21-13-18-7-8-19(23-10-3-4-11-23)14-20(18)22(16,2)9-12-24(21)15-17-5-6-17/h7-8,14,16-17,21H,3-6,9-13,15H2,1-2H3/t16-,21+,22+/m0/s1. The van der Waals surface area contributed by atoms with Crippen LogP contribution in [0, 0.1) is 11.8 Å². The van der Waals surface area contributed by atoms with Crippen molar-refractivity contribution in [1.29, 1.82) is 0 Å². The Kier molecular flexibility index (Phi) is 3.49. The van der Waals surface area contributed by atoms with Crippen LogP contribution in [0.15, 0.2) is 18.2 Å². The Balaban J connectivity index is 1.48. The summed E-state index contributed by atoms with van der Waals surface area (Å²) in [6.07, 6.45) is 8.30. The molecule has 3 atom stereocenters. The Morgan fingerprint density at radius 1 is 1.12 bits per heavy atom. The molecule has 3 fully saturated rings. The van der Waals surface area contributed by atoms with Crippen LogP contribution in [0.5, 0.6) is 0 Å². The maximum atomic E-state index is 2.85. The first-order valence-corrected chi connectivity index (χ1v) is 10.3. The number of anilines is 1. The summed E-state index contributed by atoms with van der Waals surface area (Å²) in [4.78, 5) is 5.45. The third-order valence-corrected chi connectivity index (χ3v) is 7.77. The van der Waals surface area contributed by atoms with Gasteiger partial charge in [0.05, 0.1) is 0 Å². The van der Waals surface area contributed by atoms with Crippen molar-refractivity contribution in [3.05, 3.63) is 29.3 Å². The van der Waals surface area contributed by atoms with Gasteiger partial charge in [0.25, 0.3) is 0 Å². The van der Waals surface area contributed by atoms with Crippen LogP contribution in [0.1, 0.15) is 57.1 Å². The molecule has 1 saturated carbocycles. The van der Waals surface area contributed by atoms with Crippen LogP contribution >= 0.6 is 0 Å². The van der Waals surface area contributed by atoms with E-state index in [0.717, 1.165) is 17.9 Å². The van der Waals surface area contributed by atoms with Gasteiger partial charge in [0.1, 0.15) is 0 Å². The SMILES string of the molecule is C[C@H]1[C@H]2Cc3ccc(N4CCCC4)cc3[C@]1(C)CCN2CC1CC1. The predicted octanol–water partition coefficient (Wildman–Crippen LogP) is 4.22. The number of hydrogen-bond acceptors (Lipinski definition) is 2. The van der Waals surface area contributed by atoms with Crippen molar-refractivity contribution in [3.8, 4) is 0 Å². The van der Waals surface area contributed by atoms with Crippen LogP contribution in [0.3, 0.4) is 0 Å². The van der Waals surface area contributed by atoms with Crippen LogP contribution in [0.25, 0.3) is 0 Å². The van der Waals surface area contributed by atoms with Gasteiger partial charge in [0.2, 0.25) is 0 Å². The highest BCUT2D eigenvalue weighted by atomic mass is 15.2. The van der Waals surface area contributed by atoms with Crippen molar-refractivity contribution >= 4 is 5.69 Å². The highest BCUT2D eigenvalue weighted by Gasteiger charge is 2.49. The lowest BCUT2D eigenvalue weighted by Crippen LogP contribution is -2.58. The van der Waals surface area contributed by atoms with Gasteiger partial charge in [0.15, 0.2) is 0 Å². The number of benzene rings is 1. The Morgan fingerprint density at radius 3 is 2.67 bits per heavy atom. The molecule has 0 spiro atoms. The fraction of sp³-hybridized carbons (Fsp3) is 0.727. The molecule has 1 aromatic carbocycles. The van der Waals surface area contributed by atoms with E-state index in [1.54, 1.807) is 11.1 Å². The third kappa shape index (κ3) is 2.33. The highest BCUT2D eigenvalue weighted by molar-refractivity contribution is 5.55. The molecule has 0 unspecified atom stereocenters. The molecule has 4 aliphatic rings. The molecule has 2 heteroatoms. The van der Waals surface area contributed by atoms with E-state index < -0.39 is 0 Å². The molecule has 2 nitrogen and oxygen atoms in total. The molecule has 130 valence electrons. The fourth-order valence-electron chi connectivity index (χ4n) is 5.73. The molecular weight excluding hydrogens is 292 g/mol. The van der Waals surface area contributed by atoms with Gasteiger partial charge in [-0.3, -0.25) is 4.90 Å². The van der Waals surface area contributed by atoms with Gasteiger partial charge in [-0.05, 0) is 85.6 Å². The molecule has 5 rings (SSSR count). The molecule has 2 bridgehead atoms. The lowest BCUT2D eigenvalue weighted by molar-refractivity contribution is 0.0284. The van der Waals surface area contributed by atoms with Gasteiger partial charge < -0.3 is 4.90 Å². The zero-order chi connectivity index (χ0) is 16.3. The van der Waals surface area contributed by atoms with E-state index in [2.05, 4.69) is 41.8 Å². The van der Waals surface area contributed by atoms with Crippen molar-refractivity contribution in [2.24, 2.45) is 11.8 Å². The Hall–Kier alpha value is -1.02. The van der Waals surface area contributed by atoms with Gasteiger partial charge in [-0.1, -0.05) is 19.9 Å². The molecule has 1 aromatic rings. The number of hydrogen-bond donors (Lipinski definition) is 0. The molecule has 24 heavy (non-hydrogen) atoms. The van der Waals surface area contributed by atoms with Crippen molar-refractivity contribution in [2.75, 3.05) is 31.1 Å². The predicted molar refractivity (Wildman–Crippen MR) is 101 cm³/mol. The van der Waals surface area contributed by atoms with Crippen LogP contribution in [0.2, 0.25) is 0 Å². The number of likely N-dealkylation sites (tertiary alicyclic amines) is 1. The molecule has 2 saturated heterocycles. The summed E-state index contributed by atoms with van der Waals surface area (Å²) in [7, 11) is 0. The second-order valence-corrected chi connectivity index (χ2v) is 9.20. The van der Waals surface area contributed by atoms with Crippen molar-refractivity contribution in [3.63, 3.8) is 0 Å². The second-order valence-electron chi connectivity index (χ2n) is 9.20. The molecule has 0 amide bonds. The molecule has 2 heterocycles. The maximum absolute atomic E-state index is 2.85. The van der Waals surface area contributed by atoms with E-state index >= 15 is 0 Å². The van der Waals surface area contributed by atoms with Crippen molar-refractivity contribution < 1.29 is 0 Å². The lowest BCUT2D eigenvalue weighted by atomic mass is 9.59. The monoisotopic (exact) mass is 324 g/mol. The third-order valence-electron chi connectivity index (χ3n) is 7.77. The highest BCUT2D eigenvalue weighted by Crippen LogP contribution is 2.50. The van der Waals surface area contributed by atoms with Crippen LogP contribution in [0.4, 0.5) is 5.69 Å². The lowest BCUT2D eigenvalue weighted by Gasteiger charge is -2.55. The Bertz CT molecular complexity index is 629. The van der Waals surface area contributed by atoms with Crippen LogP contribution in [-0.4, -0.2) is 37.1 Å². The zero-order valence-corrected chi connectivity index (χ0v) is 15.4.